The molecule has 2 heterocycles. The summed E-state index contributed by atoms with van der Waals surface area (Å²) in [7, 11) is 0. The van der Waals surface area contributed by atoms with E-state index in [-0.39, 0.29) is 36.6 Å². The highest BCUT2D eigenvalue weighted by molar-refractivity contribution is 6.39. The van der Waals surface area contributed by atoms with Crippen molar-refractivity contribution >= 4 is 23.4 Å². The maximum Gasteiger partial charge on any atom is 0.270 e. The van der Waals surface area contributed by atoms with Crippen molar-refractivity contribution in [1.82, 2.24) is 15.6 Å². The zero-order valence-electron chi connectivity index (χ0n) is 15.4. The quantitative estimate of drug-likeness (QED) is 0.786. The Morgan fingerprint density at radius 1 is 1.37 bits per heavy atom. The molecule has 27 heavy (non-hydrogen) atoms. The van der Waals surface area contributed by atoms with Gasteiger partial charge in [-0.25, -0.2) is 5.43 Å². The van der Waals surface area contributed by atoms with Gasteiger partial charge in [0.2, 0.25) is 11.8 Å². The molecule has 0 saturated carbocycles. The van der Waals surface area contributed by atoms with Crippen molar-refractivity contribution < 1.29 is 19.1 Å². The molecule has 0 unspecified atom stereocenters. The van der Waals surface area contributed by atoms with Gasteiger partial charge in [0.1, 0.15) is 5.71 Å². The highest BCUT2D eigenvalue weighted by Gasteiger charge is 2.32. The number of carbonyl (C=O) groups excluding carboxylic acids is 3. The average Bonchev–Trinajstić information content (AvgIpc) is 2.67. The van der Waals surface area contributed by atoms with E-state index >= 15 is 0 Å². The summed E-state index contributed by atoms with van der Waals surface area (Å²) in [5.41, 5.74) is 4.83. The Bertz CT molecular complexity index is 762. The molecule has 0 bridgehead atoms. The Morgan fingerprint density at radius 3 is 2.96 bits per heavy atom. The molecule has 2 N–H and O–H groups in total. The molecule has 0 aliphatic carbocycles. The molecule has 0 radical (unpaired) electrons. The normalized spacial score (nSPS) is 19.9. The van der Waals surface area contributed by atoms with Crippen molar-refractivity contribution in [2.75, 3.05) is 19.8 Å². The van der Waals surface area contributed by atoms with Crippen LogP contribution in [-0.2, 0) is 25.7 Å². The van der Waals surface area contributed by atoms with E-state index in [2.05, 4.69) is 15.8 Å². The fourth-order valence-electron chi connectivity index (χ4n) is 3.19. The van der Waals surface area contributed by atoms with E-state index in [1.165, 1.54) is 0 Å². The second kappa shape index (κ2) is 8.77. The molecular formula is C19H24N4O4. The largest absolute Gasteiger partial charge is 0.377 e. The van der Waals surface area contributed by atoms with Crippen LogP contribution in [0.4, 0.5) is 0 Å². The van der Waals surface area contributed by atoms with Crippen LogP contribution >= 0.6 is 0 Å². The predicted octanol–water partition coefficient (Wildman–Crippen LogP) is 0.495. The standard InChI is InChI=1S/C19H24N4O4/c1-13-3-2-4-14(9-13)11-20-18(25)10-15-12-27-8-7-23(15)19(26)16-5-6-17(24)22-21-16/h2-4,9,15H,5-8,10-12H2,1H3,(H,20,25)(H,22,24)/t15-/m1/s1. The van der Waals surface area contributed by atoms with Gasteiger partial charge in [0.25, 0.3) is 5.91 Å². The van der Waals surface area contributed by atoms with Crippen molar-refractivity contribution in [2.24, 2.45) is 5.10 Å². The first kappa shape index (κ1) is 19.0. The fraction of sp³-hybridized carbons (Fsp3) is 0.474. The van der Waals surface area contributed by atoms with Crippen LogP contribution in [0.5, 0.6) is 0 Å². The summed E-state index contributed by atoms with van der Waals surface area (Å²) in [4.78, 5) is 37.9. The lowest BCUT2D eigenvalue weighted by molar-refractivity contribution is -0.135. The number of hydrogen-bond donors (Lipinski definition) is 2. The van der Waals surface area contributed by atoms with Gasteiger partial charge in [-0.15, -0.1) is 0 Å². The zero-order chi connectivity index (χ0) is 19.2. The Hall–Kier alpha value is -2.74. The van der Waals surface area contributed by atoms with E-state index < -0.39 is 0 Å². The number of hydrogen-bond acceptors (Lipinski definition) is 5. The molecule has 8 heteroatoms. The van der Waals surface area contributed by atoms with Gasteiger partial charge in [-0.2, -0.15) is 5.10 Å². The summed E-state index contributed by atoms with van der Waals surface area (Å²) < 4.78 is 5.46. The highest BCUT2D eigenvalue weighted by Crippen LogP contribution is 2.14. The Labute approximate surface area is 157 Å². The van der Waals surface area contributed by atoms with E-state index in [1.807, 2.05) is 31.2 Å². The average molecular weight is 372 g/mol. The summed E-state index contributed by atoms with van der Waals surface area (Å²) in [6, 6.07) is 7.60. The monoisotopic (exact) mass is 372 g/mol. The minimum atomic E-state index is -0.343. The van der Waals surface area contributed by atoms with E-state index in [0.29, 0.717) is 38.4 Å². The van der Waals surface area contributed by atoms with E-state index in [4.69, 9.17) is 4.74 Å². The summed E-state index contributed by atoms with van der Waals surface area (Å²) in [5, 5.41) is 6.77. The summed E-state index contributed by atoms with van der Waals surface area (Å²) in [6.45, 7) is 3.59. The lowest BCUT2D eigenvalue weighted by Gasteiger charge is -2.35. The smallest absolute Gasteiger partial charge is 0.270 e. The molecule has 3 amide bonds. The molecule has 1 aromatic carbocycles. The summed E-state index contributed by atoms with van der Waals surface area (Å²) >= 11 is 0. The number of carbonyl (C=O) groups is 3. The Kier molecular flexibility index (Phi) is 6.18. The topological polar surface area (TPSA) is 100 Å². The molecule has 2 aliphatic rings. The first-order valence-electron chi connectivity index (χ1n) is 9.09. The maximum absolute atomic E-state index is 12.7. The third kappa shape index (κ3) is 5.13. The minimum absolute atomic E-state index is 0.135. The zero-order valence-corrected chi connectivity index (χ0v) is 15.4. The number of aryl methyl sites for hydroxylation is 1. The number of nitrogens with one attached hydrogen (secondary N) is 2. The first-order chi connectivity index (χ1) is 13.0. The van der Waals surface area contributed by atoms with Gasteiger partial charge in [-0.1, -0.05) is 29.8 Å². The molecule has 1 atom stereocenters. The Balaban J connectivity index is 1.57. The number of hydrazone groups is 1. The van der Waals surface area contributed by atoms with Crippen molar-refractivity contribution in [3.63, 3.8) is 0 Å². The molecule has 3 rings (SSSR count). The number of nitrogens with zero attached hydrogens (tertiary/aromatic N) is 2. The number of rotatable bonds is 5. The molecule has 1 fully saturated rings. The van der Waals surface area contributed by atoms with Crippen molar-refractivity contribution in [3.8, 4) is 0 Å². The van der Waals surface area contributed by atoms with E-state index in [0.717, 1.165) is 11.1 Å². The number of amides is 3. The highest BCUT2D eigenvalue weighted by atomic mass is 16.5. The van der Waals surface area contributed by atoms with Crippen LogP contribution in [0.2, 0.25) is 0 Å². The SMILES string of the molecule is Cc1cccc(CNC(=O)C[C@@H]2COCCN2C(=O)C2=NNC(=O)CC2)c1. The van der Waals surface area contributed by atoms with Crippen LogP contribution in [0.25, 0.3) is 0 Å². The number of ether oxygens (including phenoxy) is 1. The predicted molar refractivity (Wildman–Crippen MR) is 98.8 cm³/mol. The van der Waals surface area contributed by atoms with Crippen molar-refractivity contribution in [2.45, 2.75) is 38.8 Å². The third-order valence-corrected chi connectivity index (χ3v) is 4.63. The maximum atomic E-state index is 12.7. The van der Waals surface area contributed by atoms with Gasteiger partial charge >= 0.3 is 0 Å². The second-order valence-corrected chi connectivity index (χ2v) is 6.79. The van der Waals surface area contributed by atoms with Gasteiger partial charge in [-0.3, -0.25) is 14.4 Å². The second-order valence-electron chi connectivity index (χ2n) is 6.79. The van der Waals surface area contributed by atoms with Crippen LogP contribution in [0.1, 0.15) is 30.4 Å². The number of morpholine rings is 1. The molecular weight excluding hydrogens is 348 g/mol. The van der Waals surface area contributed by atoms with Crippen LogP contribution in [0, 0.1) is 6.92 Å². The molecule has 0 spiro atoms. The van der Waals surface area contributed by atoms with Gasteiger partial charge < -0.3 is 15.0 Å². The van der Waals surface area contributed by atoms with E-state index in [1.54, 1.807) is 4.90 Å². The summed E-state index contributed by atoms with van der Waals surface area (Å²) in [5.74, 6) is -0.570. The van der Waals surface area contributed by atoms with Gasteiger partial charge in [-0.05, 0) is 12.5 Å². The molecule has 1 saturated heterocycles. The van der Waals surface area contributed by atoms with Crippen LogP contribution < -0.4 is 10.7 Å². The van der Waals surface area contributed by atoms with E-state index in [9.17, 15) is 14.4 Å². The van der Waals surface area contributed by atoms with Crippen molar-refractivity contribution in [3.05, 3.63) is 35.4 Å². The lowest BCUT2D eigenvalue weighted by atomic mass is 10.1. The minimum Gasteiger partial charge on any atom is -0.377 e. The molecule has 8 nitrogen and oxygen atoms in total. The number of benzene rings is 1. The van der Waals surface area contributed by atoms with Crippen LogP contribution in [-0.4, -0.2) is 54.1 Å². The van der Waals surface area contributed by atoms with Gasteiger partial charge in [0.15, 0.2) is 0 Å². The van der Waals surface area contributed by atoms with Gasteiger partial charge in [0, 0.05) is 32.4 Å². The molecule has 0 aromatic heterocycles. The first-order valence-corrected chi connectivity index (χ1v) is 9.09. The van der Waals surface area contributed by atoms with Crippen LogP contribution in [0.3, 0.4) is 0 Å². The molecule has 2 aliphatic heterocycles. The summed E-state index contributed by atoms with van der Waals surface area (Å²) in [6.07, 6.45) is 0.724. The van der Waals surface area contributed by atoms with Crippen molar-refractivity contribution in [1.29, 1.82) is 0 Å². The van der Waals surface area contributed by atoms with Crippen LogP contribution in [0.15, 0.2) is 29.4 Å². The molecule has 1 aromatic rings. The van der Waals surface area contributed by atoms with Gasteiger partial charge in [0.05, 0.1) is 19.3 Å². The lowest BCUT2D eigenvalue weighted by Crippen LogP contribution is -2.53. The Morgan fingerprint density at radius 2 is 2.22 bits per heavy atom. The fourth-order valence-corrected chi connectivity index (χ4v) is 3.19. The third-order valence-electron chi connectivity index (χ3n) is 4.63. The molecule has 144 valence electrons.